The van der Waals surface area contributed by atoms with Crippen molar-refractivity contribution < 1.29 is 9.53 Å². The Bertz CT molecular complexity index is 1350. The predicted molar refractivity (Wildman–Crippen MR) is 149 cm³/mol. The van der Waals surface area contributed by atoms with Gasteiger partial charge in [0.15, 0.2) is 20.3 Å². The SMILES string of the molecule is Cc1cc(C)c(C#CC(C)(C)OC(=O)c2ccc([S+](c3ccccc3)c3ccccc3)cc2)c(C)c1. The molecule has 4 aromatic rings. The van der Waals surface area contributed by atoms with Crippen molar-refractivity contribution in [2.24, 2.45) is 0 Å². The highest BCUT2D eigenvalue weighted by atomic mass is 32.2. The van der Waals surface area contributed by atoms with Gasteiger partial charge in [-0.3, -0.25) is 0 Å². The van der Waals surface area contributed by atoms with Crippen LogP contribution in [0, 0.1) is 32.6 Å². The molecule has 0 atom stereocenters. The minimum absolute atomic E-state index is 0.260. The lowest BCUT2D eigenvalue weighted by molar-refractivity contribution is 0.0204. The predicted octanol–water partition coefficient (Wildman–Crippen LogP) is 7.69. The maximum absolute atomic E-state index is 13.0. The van der Waals surface area contributed by atoms with Gasteiger partial charge in [0.2, 0.25) is 0 Å². The molecule has 0 saturated carbocycles. The summed E-state index contributed by atoms with van der Waals surface area (Å²) in [4.78, 5) is 16.6. The maximum Gasteiger partial charge on any atom is 0.339 e. The molecule has 0 bridgehead atoms. The van der Waals surface area contributed by atoms with Crippen LogP contribution in [0.2, 0.25) is 0 Å². The molecule has 36 heavy (non-hydrogen) atoms. The Balaban J connectivity index is 1.55. The van der Waals surface area contributed by atoms with Gasteiger partial charge >= 0.3 is 5.97 Å². The summed E-state index contributed by atoms with van der Waals surface area (Å²) >= 11 is 0. The van der Waals surface area contributed by atoms with E-state index in [1.807, 2.05) is 50.2 Å². The summed E-state index contributed by atoms with van der Waals surface area (Å²) in [5, 5.41) is 0. The Labute approximate surface area is 217 Å². The first-order valence-corrected chi connectivity index (χ1v) is 13.2. The number of benzene rings is 4. The van der Waals surface area contributed by atoms with Gasteiger partial charge in [-0.1, -0.05) is 65.9 Å². The van der Waals surface area contributed by atoms with E-state index in [9.17, 15) is 4.79 Å². The minimum atomic E-state index is -0.919. The minimum Gasteiger partial charge on any atom is -0.443 e. The topological polar surface area (TPSA) is 26.3 Å². The van der Waals surface area contributed by atoms with E-state index >= 15 is 0 Å². The van der Waals surface area contributed by atoms with Crippen LogP contribution in [0.5, 0.6) is 0 Å². The van der Waals surface area contributed by atoms with Crippen molar-refractivity contribution in [1.29, 1.82) is 0 Å². The number of carbonyl (C=O) groups is 1. The van der Waals surface area contributed by atoms with Crippen LogP contribution in [-0.4, -0.2) is 11.6 Å². The molecule has 0 aliphatic carbocycles. The number of aryl methyl sites for hydroxylation is 3. The van der Waals surface area contributed by atoms with E-state index in [1.165, 1.54) is 15.4 Å². The van der Waals surface area contributed by atoms with Crippen molar-refractivity contribution in [2.75, 3.05) is 0 Å². The van der Waals surface area contributed by atoms with Crippen LogP contribution in [-0.2, 0) is 15.6 Å². The summed E-state index contributed by atoms with van der Waals surface area (Å²) in [5.41, 5.74) is 4.06. The largest absolute Gasteiger partial charge is 0.443 e. The molecule has 0 heterocycles. The molecule has 2 nitrogen and oxygen atoms in total. The fraction of sp³-hybridized carbons (Fsp3) is 0.182. The molecule has 0 aliphatic rings. The second-order valence-electron chi connectivity index (χ2n) is 9.38. The molecule has 0 N–H and O–H groups in total. The first kappa shape index (κ1) is 25.4. The van der Waals surface area contributed by atoms with Crippen LogP contribution >= 0.6 is 0 Å². The fourth-order valence-electron chi connectivity index (χ4n) is 4.15. The molecule has 0 saturated heterocycles. The van der Waals surface area contributed by atoms with E-state index < -0.39 is 5.60 Å². The highest BCUT2D eigenvalue weighted by Gasteiger charge is 2.29. The highest BCUT2D eigenvalue weighted by Crippen LogP contribution is 2.31. The van der Waals surface area contributed by atoms with E-state index in [-0.39, 0.29) is 16.9 Å². The number of rotatable bonds is 5. The molecule has 0 fully saturated rings. The number of esters is 1. The van der Waals surface area contributed by atoms with Crippen LogP contribution < -0.4 is 0 Å². The normalized spacial score (nSPS) is 11.1. The number of carbonyl (C=O) groups excluding carboxylic acids is 1. The zero-order chi connectivity index (χ0) is 25.7. The van der Waals surface area contributed by atoms with Crippen LogP contribution in [0.15, 0.2) is 112 Å². The zero-order valence-corrected chi connectivity index (χ0v) is 22.3. The summed E-state index contributed by atoms with van der Waals surface area (Å²) in [6.45, 7) is 9.85. The summed E-state index contributed by atoms with van der Waals surface area (Å²) in [6, 6.07) is 32.9. The quantitative estimate of drug-likeness (QED) is 0.162. The Hall–Kier alpha value is -3.74. The Morgan fingerprint density at radius 1 is 0.722 bits per heavy atom. The van der Waals surface area contributed by atoms with Crippen molar-refractivity contribution in [2.45, 2.75) is 54.9 Å². The van der Waals surface area contributed by atoms with Gasteiger partial charge in [0.25, 0.3) is 0 Å². The van der Waals surface area contributed by atoms with Gasteiger partial charge in [0.05, 0.1) is 16.5 Å². The zero-order valence-electron chi connectivity index (χ0n) is 21.5. The number of ether oxygens (including phenoxy) is 1. The monoisotopic (exact) mass is 491 g/mol. The lowest BCUT2D eigenvalue weighted by Crippen LogP contribution is -2.26. The molecule has 180 valence electrons. The van der Waals surface area contributed by atoms with E-state index in [4.69, 9.17) is 4.74 Å². The molecule has 4 rings (SSSR count). The van der Waals surface area contributed by atoms with Crippen molar-refractivity contribution in [1.82, 2.24) is 0 Å². The van der Waals surface area contributed by atoms with Crippen LogP contribution in [0.1, 0.15) is 46.5 Å². The smallest absolute Gasteiger partial charge is 0.339 e. The number of hydrogen-bond donors (Lipinski definition) is 0. The van der Waals surface area contributed by atoms with Gasteiger partial charge in [0, 0.05) is 5.56 Å². The molecular weight excluding hydrogens is 460 g/mol. The van der Waals surface area contributed by atoms with Crippen molar-refractivity contribution in [3.8, 4) is 11.8 Å². The average Bonchev–Trinajstić information content (AvgIpc) is 2.85. The molecule has 0 unspecified atom stereocenters. The standard InChI is InChI=1S/C33H31O2S/c1-24-22-25(2)31(26(3)23-24)20-21-33(4,5)35-32(34)27-16-18-30(19-17-27)36(28-12-8-6-9-13-28)29-14-10-7-11-15-29/h6-19,22-23H,1-5H3/q+1. The highest BCUT2D eigenvalue weighted by molar-refractivity contribution is 7.97. The third kappa shape index (κ3) is 6.08. The molecule has 0 amide bonds. The molecule has 0 aromatic heterocycles. The molecule has 0 aliphatic heterocycles. The Morgan fingerprint density at radius 3 is 1.69 bits per heavy atom. The van der Waals surface area contributed by atoms with E-state index in [1.54, 1.807) is 0 Å². The lowest BCUT2D eigenvalue weighted by atomic mass is 9.99. The van der Waals surface area contributed by atoms with E-state index in [0.717, 1.165) is 21.6 Å². The first-order valence-electron chi connectivity index (χ1n) is 12.0. The second kappa shape index (κ2) is 10.9. The summed E-state index contributed by atoms with van der Waals surface area (Å²) in [5.74, 6) is 6.02. The fourth-order valence-corrected chi connectivity index (χ4v) is 6.24. The van der Waals surface area contributed by atoms with Gasteiger partial charge in [-0.2, -0.15) is 0 Å². The van der Waals surface area contributed by atoms with E-state index in [2.05, 4.69) is 93.3 Å². The second-order valence-corrected chi connectivity index (χ2v) is 11.4. The van der Waals surface area contributed by atoms with Gasteiger partial charge in [-0.05, 0) is 94.3 Å². The summed E-state index contributed by atoms with van der Waals surface area (Å²) < 4.78 is 5.81. The summed E-state index contributed by atoms with van der Waals surface area (Å²) in [7, 11) is -0.260. The Morgan fingerprint density at radius 2 is 1.19 bits per heavy atom. The van der Waals surface area contributed by atoms with Gasteiger partial charge in [0.1, 0.15) is 0 Å². The third-order valence-corrected chi connectivity index (χ3v) is 8.03. The maximum atomic E-state index is 13.0. The average molecular weight is 492 g/mol. The van der Waals surface area contributed by atoms with Crippen molar-refractivity contribution in [3.05, 3.63) is 125 Å². The third-order valence-electron chi connectivity index (χ3n) is 5.80. The molecule has 0 spiro atoms. The van der Waals surface area contributed by atoms with Gasteiger partial charge < -0.3 is 4.74 Å². The Kier molecular flexibility index (Phi) is 7.67. The first-order chi connectivity index (χ1) is 17.2. The molecule has 3 heteroatoms. The van der Waals surface area contributed by atoms with Crippen LogP contribution in [0.4, 0.5) is 0 Å². The van der Waals surface area contributed by atoms with Crippen LogP contribution in [0.25, 0.3) is 0 Å². The van der Waals surface area contributed by atoms with Gasteiger partial charge in [-0.15, -0.1) is 0 Å². The number of hydrogen-bond acceptors (Lipinski definition) is 2. The van der Waals surface area contributed by atoms with E-state index in [0.29, 0.717) is 5.56 Å². The van der Waals surface area contributed by atoms with Gasteiger partial charge in [-0.25, -0.2) is 4.79 Å². The lowest BCUT2D eigenvalue weighted by Gasteiger charge is -2.19. The summed E-state index contributed by atoms with van der Waals surface area (Å²) in [6.07, 6.45) is 0. The molecule has 4 aromatic carbocycles. The molecular formula is C33H31O2S+. The van der Waals surface area contributed by atoms with Crippen LogP contribution in [0.3, 0.4) is 0 Å². The molecule has 0 radical (unpaired) electrons. The van der Waals surface area contributed by atoms with Crippen molar-refractivity contribution in [3.63, 3.8) is 0 Å². The van der Waals surface area contributed by atoms with Crippen molar-refractivity contribution >= 4 is 16.9 Å².